The molecule has 1 aromatic heterocycles. The van der Waals surface area contributed by atoms with Crippen molar-refractivity contribution in [2.24, 2.45) is 11.3 Å². The van der Waals surface area contributed by atoms with E-state index in [0.717, 1.165) is 56.8 Å². The number of amides is 2. The van der Waals surface area contributed by atoms with Gasteiger partial charge < -0.3 is 19.4 Å². The minimum Gasteiger partial charge on any atom is -0.481 e. The summed E-state index contributed by atoms with van der Waals surface area (Å²) in [6.45, 7) is 8.20. The number of nitrogens with zero attached hydrogens (tertiary/aromatic N) is 4. The Morgan fingerprint density at radius 2 is 1.80 bits per heavy atom. The topological polar surface area (TPSA) is 66.0 Å². The SMILES string of the molecule is Cc1cc(Cl)ccc1O[C@@H](C)C(=O)N1CCC2(CC1)C[C@@H]2C(=O)N1CCN(c2ccccn2)CC1. The van der Waals surface area contributed by atoms with Crippen LogP contribution in [0.4, 0.5) is 5.82 Å². The molecule has 2 aliphatic heterocycles. The summed E-state index contributed by atoms with van der Waals surface area (Å²) in [5, 5.41) is 0.652. The maximum Gasteiger partial charge on any atom is 0.263 e. The Hall–Kier alpha value is -2.80. The van der Waals surface area contributed by atoms with Crippen LogP contribution in [0.1, 0.15) is 31.7 Å². The van der Waals surface area contributed by atoms with Crippen LogP contribution in [0.25, 0.3) is 0 Å². The van der Waals surface area contributed by atoms with E-state index in [1.54, 1.807) is 13.0 Å². The number of piperidine rings is 1. The summed E-state index contributed by atoms with van der Waals surface area (Å²) in [7, 11) is 0. The van der Waals surface area contributed by atoms with Crippen LogP contribution in [0.3, 0.4) is 0 Å². The molecular weight excluding hydrogens is 464 g/mol. The van der Waals surface area contributed by atoms with Crippen molar-refractivity contribution in [1.82, 2.24) is 14.8 Å². The summed E-state index contributed by atoms with van der Waals surface area (Å²) < 4.78 is 5.94. The van der Waals surface area contributed by atoms with Crippen molar-refractivity contribution in [2.75, 3.05) is 44.2 Å². The molecule has 0 radical (unpaired) electrons. The van der Waals surface area contributed by atoms with E-state index in [1.807, 2.05) is 53.3 Å². The Labute approximate surface area is 212 Å². The van der Waals surface area contributed by atoms with Gasteiger partial charge in [-0.15, -0.1) is 0 Å². The molecule has 2 saturated heterocycles. The first-order chi connectivity index (χ1) is 16.9. The number of hydrogen-bond donors (Lipinski definition) is 0. The number of aromatic nitrogens is 1. The molecule has 7 nitrogen and oxygen atoms in total. The number of carbonyl (C=O) groups is 2. The second-order valence-corrected chi connectivity index (χ2v) is 10.6. The average molecular weight is 497 g/mol. The van der Waals surface area contributed by atoms with Crippen molar-refractivity contribution < 1.29 is 14.3 Å². The molecule has 0 bridgehead atoms. The molecule has 2 aromatic rings. The van der Waals surface area contributed by atoms with Gasteiger partial charge in [0.1, 0.15) is 11.6 Å². The van der Waals surface area contributed by atoms with Gasteiger partial charge in [0.25, 0.3) is 5.91 Å². The third-order valence-corrected chi connectivity index (χ3v) is 8.15. The Morgan fingerprint density at radius 1 is 1.06 bits per heavy atom. The van der Waals surface area contributed by atoms with Crippen molar-refractivity contribution in [2.45, 2.75) is 39.2 Å². The largest absolute Gasteiger partial charge is 0.481 e. The van der Waals surface area contributed by atoms with Crippen LogP contribution in [-0.2, 0) is 9.59 Å². The fourth-order valence-electron chi connectivity index (χ4n) is 5.58. The summed E-state index contributed by atoms with van der Waals surface area (Å²) in [4.78, 5) is 36.8. The number of ether oxygens (including phenoxy) is 1. The van der Waals surface area contributed by atoms with E-state index in [2.05, 4.69) is 9.88 Å². The van der Waals surface area contributed by atoms with Crippen molar-refractivity contribution in [1.29, 1.82) is 0 Å². The van der Waals surface area contributed by atoms with Crippen LogP contribution in [0.15, 0.2) is 42.6 Å². The van der Waals surface area contributed by atoms with Crippen molar-refractivity contribution in [3.8, 4) is 5.75 Å². The Bertz CT molecular complexity index is 1080. The first-order valence-corrected chi connectivity index (χ1v) is 12.9. The molecule has 1 saturated carbocycles. The first-order valence-electron chi connectivity index (χ1n) is 12.5. The van der Waals surface area contributed by atoms with Gasteiger partial charge in [0.15, 0.2) is 6.10 Å². The van der Waals surface area contributed by atoms with E-state index in [4.69, 9.17) is 16.3 Å². The highest BCUT2D eigenvalue weighted by Gasteiger charge is 2.59. The second kappa shape index (κ2) is 9.69. The quantitative estimate of drug-likeness (QED) is 0.630. The molecule has 3 fully saturated rings. The standard InChI is InChI=1S/C27H33ClN4O3/c1-19-17-21(28)6-7-23(19)35-20(2)25(33)31-11-8-27(9-12-31)18-22(27)26(34)32-15-13-30(14-16-32)24-5-3-4-10-29-24/h3-7,10,17,20,22H,8-9,11-16,18H2,1-2H3/t20-,22+/m0/s1. The number of aryl methyl sites for hydroxylation is 1. The number of pyridine rings is 1. The monoisotopic (exact) mass is 496 g/mol. The number of likely N-dealkylation sites (tertiary alicyclic amines) is 1. The van der Waals surface area contributed by atoms with Gasteiger partial charge in [-0.1, -0.05) is 17.7 Å². The molecule has 2 amide bonds. The van der Waals surface area contributed by atoms with Gasteiger partial charge in [0.05, 0.1) is 0 Å². The summed E-state index contributed by atoms with van der Waals surface area (Å²) in [6.07, 6.45) is 3.97. The van der Waals surface area contributed by atoms with Crippen LogP contribution in [0, 0.1) is 18.3 Å². The lowest BCUT2D eigenvalue weighted by Crippen LogP contribution is -2.50. The van der Waals surface area contributed by atoms with E-state index >= 15 is 0 Å². The Morgan fingerprint density at radius 3 is 2.46 bits per heavy atom. The van der Waals surface area contributed by atoms with E-state index < -0.39 is 6.10 Å². The number of anilines is 1. The number of carbonyl (C=O) groups excluding carboxylic acids is 2. The summed E-state index contributed by atoms with van der Waals surface area (Å²) in [5.41, 5.74) is 0.984. The molecule has 5 rings (SSSR count). The molecule has 186 valence electrons. The summed E-state index contributed by atoms with van der Waals surface area (Å²) >= 11 is 6.02. The molecule has 0 unspecified atom stereocenters. The van der Waals surface area contributed by atoms with Gasteiger partial charge in [0, 0.05) is 56.4 Å². The minimum absolute atomic E-state index is 0.00312. The molecule has 1 aliphatic carbocycles. The molecule has 3 heterocycles. The lowest BCUT2D eigenvalue weighted by atomic mass is 9.90. The highest BCUT2D eigenvalue weighted by atomic mass is 35.5. The van der Waals surface area contributed by atoms with Crippen molar-refractivity contribution in [3.63, 3.8) is 0 Å². The molecule has 8 heteroatoms. The van der Waals surface area contributed by atoms with Crippen LogP contribution in [-0.4, -0.2) is 72.0 Å². The normalized spacial score (nSPS) is 22.1. The minimum atomic E-state index is -0.559. The first kappa shape index (κ1) is 23.9. The second-order valence-electron chi connectivity index (χ2n) is 10.1. The van der Waals surface area contributed by atoms with Crippen LogP contribution in [0.5, 0.6) is 5.75 Å². The lowest BCUT2D eigenvalue weighted by Gasteiger charge is -2.37. The number of benzene rings is 1. The zero-order valence-corrected chi connectivity index (χ0v) is 21.2. The summed E-state index contributed by atoms with van der Waals surface area (Å²) in [6, 6.07) is 11.4. The molecule has 0 N–H and O–H groups in total. The number of halogens is 1. The molecule has 2 atom stereocenters. The molecule has 35 heavy (non-hydrogen) atoms. The van der Waals surface area contributed by atoms with Gasteiger partial charge in [-0.25, -0.2) is 4.98 Å². The molecule has 1 spiro atoms. The van der Waals surface area contributed by atoms with Gasteiger partial charge in [-0.2, -0.15) is 0 Å². The van der Waals surface area contributed by atoms with Gasteiger partial charge >= 0.3 is 0 Å². The number of hydrogen-bond acceptors (Lipinski definition) is 5. The van der Waals surface area contributed by atoms with Crippen LogP contribution >= 0.6 is 11.6 Å². The predicted octanol–water partition coefficient (Wildman–Crippen LogP) is 3.79. The van der Waals surface area contributed by atoms with E-state index in [1.165, 1.54) is 0 Å². The van der Waals surface area contributed by atoms with E-state index in [0.29, 0.717) is 29.8 Å². The van der Waals surface area contributed by atoms with Crippen LogP contribution in [0.2, 0.25) is 5.02 Å². The zero-order valence-electron chi connectivity index (χ0n) is 20.5. The number of rotatable bonds is 5. The maximum atomic E-state index is 13.2. The summed E-state index contributed by atoms with van der Waals surface area (Å²) in [5.74, 6) is 2.05. The van der Waals surface area contributed by atoms with Crippen molar-refractivity contribution >= 4 is 29.2 Å². The van der Waals surface area contributed by atoms with Crippen LogP contribution < -0.4 is 9.64 Å². The van der Waals surface area contributed by atoms with Gasteiger partial charge in [0.2, 0.25) is 5.91 Å². The maximum absolute atomic E-state index is 13.2. The highest BCUT2D eigenvalue weighted by molar-refractivity contribution is 6.30. The predicted molar refractivity (Wildman–Crippen MR) is 136 cm³/mol. The highest BCUT2D eigenvalue weighted by Crippen LogP contribution is 2.60. The third-order valence-electron chi connectivity index (χ3n) is 7.91. The third kappa shape index (κ3) is 4.96. The molecule has 3 aliphatic rings. The smallest absolute Gasteiger partial charge is 0.263 e. The average Bonchev–Trinajstić information content (AvgIpc) is 3.58. The van der Waals surface area contributed by atoms with Gasteiger partial charge in [-0.05, 0) is 74.4 Å². The number of piperazine rings is 1. The van der Waals surface area contributed by atoms with Gasteiger partial charge in [-0.3, -0.25) is 9.59 Å². The zero-order chi connectivity index (χ0) is 24.6. The Balaban J connectivity index is 1.10. The fraction of sp³-hybridized carbons (Fsp3) is 0.519. The lowest BCUT2D eigenvalue weighted by molar-refractivity contribution is -0.140. The molecule has 1 aromatic carbocycles. The molecular formula is C27H33ClN4O3. The Kier molecular flexibility index (Phi) is 6.62. The van der Waals surface area contributed by atoms with E-state index in [-0.39, 0.29) is 17.2 Å². The van der Waals surface area contributed by atoms with Crippen molar-refractivity contribution in [3.05, 3.63) is 53.2 Å². The fourth-order valence-corrected chi connectivity index (χ4v) is 5.81. The van der Waals surface area contributed by atoms with E-state index in [9.17, 15) is 9.59 Å².